The minimum atomic E-state index is -1.49. The third-order valence-electron chi connectivity index (χ3n) is 5.01. The molecule has 146 valence electrons. The lowest BCUT2D eigenvalue weighted by Gasteiger charge is -2.47. The monoisotopic (exact) mass is 423 g/mol. The van der Waals surface area contributed by atoms with Crippen LogP contribution in [0.3, 0.4) is 0 Å². The Kier molecular flexibility index (Phi) is 5.35. The zero-order chi connectivity index (χ0) is 20.4. The van der Waals surface area contributed by atoms with Gasteiger partial charge in [-0.2, -0.15) is 0 Å². The first-order chi connectivity index (χ1) is 14.0. The number of hydrogen-bond acceptors (Lipinski definition) is 2. The number of carbonyl (C=O) groups excluding carboxylic acids is 1. The Balaban J connectivity index is 1.65. The summed E-state index contributed by atoms with van der Waals surface area (Å²) in [4.78, 5) is 14.1. The van der Waals surface area contributed by atoms with Gasteiger partial charge >= 0.3 is 0 Å². The summed E-state index contributed by atoms with van der Waals surface area (Å²) in [5.74, 6) is 0.380. The van der Waals surface area contributed by atoms with Crippen LogP contribution in [-0.2, 0) is 4.79 Å². The third-order valence-corrected chi connectivity index (χ3v) is 5.78. The maximum Gasteiger partial charge on any atom is 0.266 e. The van der Waals surface area contributed by atoms with Crippen LogP contribution >= 0.6 is 23.2 Å². The van der Waals surface area contributed by atoms with Crippen molar-refractivity contribution in [2.45, 2.75) is 10.4 Å². The molecule has 0 bridgehead atoms. The van der Waals surface area contributed by atoms with Crippen LogP contribution in [0.5, 0.6) is 5.75 Å². The average Bonchev–Trinajstić information content (AvgIpc) is 2.77. The number of halogens is 2. The van der Waals surface area contributed by atoms with Crippen molar-refractivity contribution >= 4 is 40.9 Å². The molecule has 1 heterocycles. The second-order valence-electron chi connectivity index (χ2n) is 6.75. The smallest absolute Gasteiger partial charge is 0.266 e. The summed E-state index contributed by atoms with van der Waals surface area (Å²) >= 11 is 12.7. The Labute approximate surface area is 180 Å². The molecule has 5 heteroatoms. The molecular weight excluding hydrogens is 405 g/mol. The van der Waals surface area contributed by atoms with Crippen molar-refractivity contribution in [3.8, 4) is 16.9 Å². The van der Waals surface area contributed by atoms with Crippen LogP contribution in [0.2, 0.25) is 0 Å². The van der Waals surface area contributed by atoms with Gasteiger partial charge in [0.15, 0.2) is 0 Å². The highest BCUT2D eigenvalue weighted by atomic mass is 35.5. The summed E-state index contributed by atoms with van der Waals surface area (Å²) in [6.45, 7) is 0. The van der Waals surface area contributed by atoms with Gasteiger partial charge in [0, 0.05) is 5.69 Å². The summed E-state index contributed by atoms with van der Waals surface area (Å²) in [6.07, 6.45) is 3.85. The minimum Gasteiger partial charge on any atom is -0.497 e. The lowest BCUT2D eigenvalue weighted by molar-refractivity contribution is -0.124. The molecule has 0 radical (unpaired) electrons. The minimum absolute atomic E-state index is 0.336. The highest BCUT2D eigenvalue weighted by Crippen LogP contribution is 2.45. The predicted octanol–water partition coefficient (Wildman–Crippen LogP) is 5.96. The zero-order valence-electron chi connectivity index (χ0n) is 15.8. The number of hydrogen-bond donors (Lipinski definition) is 0. The Morgan fingerprint density at radius 3 is 2.28 bits per heavy atom. The van der Waals surface area contributed by atoms with Crippen LogP contribution in [-0.4, -0.2) is 23.4 Å². The Morgan fingerprint density at radius 2 is 1.59 bits per heavy atom. The van der Waals surface area contributed by atoms with E-state index in [1.807, 2.05) is 60.7 Å². The van der Waals surface area contributed by atoms with Crippen molar-refractivity contribution in [1.82, 2.24) is 0 Å². The molecule has 3 aromatic carbocycles. The lowest BCUT2D eigenvalue weighted by atomic mass is 9.95. The van der Waals surface area contributed by atoms with E-state index in [1.165, 1.54) is 0 Å². The van der Waals surface area contributed by atoms with Crippen LogP contribution in [0, 0.1) is 0 Å². The van der Waals surface area contributed by atoms with Crippen LogP contribution in [0.4, 0.5) is 5.69 Å². The topological polar surface area (TPSA) is 29.5 Å². The second-order valence-corrected chi connectivity index (χ2v) is 8.14. The van der Waals surface area contributed by atoms with E-state index in [1.54, 1.807) is 24.1 Å². The molecule has 1 aliphatic rings. The fourth-order valence-corrected chi connectivity index (χ4v) is 3.98. The second kappa shape index (κ2) is 7.94. The number of ether oxygens (including phenoxy) is 1. The van der Waals surface area contributed by atoms with Crippen molar-refractivity contribution in [3.05, 3.63) is 90.5 Å². The number of nitrogens with zero attached hydrogens (tertiary/aromatic N) is 1. The summed E-state index contributed by atoms with van der Waals surface area (Å²) in [7, 11) is 1.60. The molecule has 1 saturated heterocycles. The van der Waals surface area contributed by atoms with Crippen LogP contribution in [0.1, 0.15) is 5.56 Å². The summed E-state index contributed by atoms with van der Waals surface area (Å²) < 4.78 is 3.70. The van der Waals surface area contributed by atoms with E-state index in [-0.39, 0.29) is 5.91 Å². The number of amides is 1. The van der Waals surface area contributed by atoms with Gasteiger partial charge in [0.2, 0.25) is 4.33 Å². The molecule has 4 rings (SSSR count). The standard InChI is InChI=1S/C24H19Cl2NO2/c1-29-20-14-12-19(13-15-20)27-22(24(25,26)23(27)28)16-11-18-9-5-6-10-21(18)17-7-3-2-4-8-17/h2-16,22H,1H3/b16-11+. The van der Waals surface area contributed by atoms with Gasteiger partial charge in [-0.15, -0.1) is 0 Å². The van der Waals surface area contributed by atoms with Crippen LogP contribution in [0.25, 0.3) is 17.2 Å². The number of β-lactam (4-membered cyclic amide) rings is 1. The molecule has 0 saturated carbocycles. The fraction of sp³-hybridized carbons (Fsp3) is 0.125. The molecule has 29 heavy (non-hydrogen) atoms. The summed E-state index contributed by atoms with van der Waals surface area (Å²) in [5, 5.41) is 0. The van der Waals surface area contributed by atoms with E-state index >= 15 is 0 Å². The highest BCUT2D eigenvalue weighted by molar-refractivity contribution is 6.63. The molecule has 1 amide bonds. The van der Waals surface area contributed by atoms with Crippen LogP contribution < -0.4 is 9.64 Å². The van der Waals surface area contributed by atoms with Crippen molar-refractivity contribution in [2.75, 3.05) is 12.0 Å². The Hall–Kier alpha value is -2.75. The van der Waals surface area contributed by atoms with Crippen LogP contribution in [0.15, 0.2) is 84.9 Å². The quantitative estimate of drug-likeness (QED) is 0.373. The first-order valence-electron chi connectivity index (χ1n) is 9.20. The average molecular weight is 424 g/mol. The molecular formula is C24H19Cl2NO2. The molecule has 1 fully saturated rings. The highest BCUT2D eigenvalue weighted by Gasteiger charge is 2.58. The number of carbonyl (C=O) groups is 1. The lowest BCUT2D eigenvalue weighted by Crippen LogP contribution is -2.68. The molecule has 3 aromatic rings. The molecule has 1 unspecified atom stereocenters. The largest absolute Gasteiger partial charge is 0.497 e. The first kappa shape index (κ1) is 19.6. The van der Waals surface area contributed by atoms with Gasteiger partial charge in [0.1, 0.15) is 5.75 Å². The van der Waals surface area contributed by atoms with E-state index < -0.39 is 10.4 Å². The van der Waals surface area contributed by atoms with Gasteiger partial charge in [-0.05, 0) is 41.0 Å². The van der Waals surface area contributed by atoms with E-state index in [0.717, 1.165) is 22.4 Å². The number of methoxy groups -OCH3 is 1. The van der Waals surface area contributed by atoms with E-state index in [9.17, 15) is 4.79 Å². The Morgan fingerprint density at radius 1 is 0.931 bits per heavy atom. The van der Waals surface area contributed by atoms with Crippen molar-refractivity contribution in [1.29, 1.82) is 0 Å². The van der Waals surface area contributed by atoms with Gasteiger partial charge in [-0.3, -0.25) is 9.69 Å². The Bertz CT molecular complexity index is 1050. The number of rotatable bonds is 5. The summed E-state index contributed by atoms with van der Waals surface area (Å²) in [6, 6.07) is 25.0. The molecule has 0 N–H and O–H groups in total. The zero-order valence-corrected chi connectivity index (χ0v) is 17.3. The fourth-order valence-electron chi connectivity index (χ4n) is 3.45. The molecule has 1 atom stereocenters. The first-order valence-corrected chi connectivity index (χ1v) is 9.96. The number of benzene rings is 3. The van der Waals surface area contributed by atoms with E-state index in [0.29, 0.717) is 5.75 Å². The van der Waals surface area contributed by atoms with Gasteiger partial charge in [-0.25, -0.2) is 0 Å². The van der Waals surface area contributed by atoms with Gasteiger partial charge in [-0.1, -0.05) is 90.0 Å². The van der Waals surface area contributed by atoms with Crippen molar-refractivity contribution in [2.24, 2.45) is 0 Å². The van der Waals surface area contributed by atoms with E-state index in [4.69, 9.17) is 27.9 Å². The maximum atomic E-state index is 12.5. The normalized spacial score (nSPS) is 18.0. The van der Waals surface area contributed by atoms with Crippen molar-refractivity contribution in [3.63, 3.8) is 0 Å². The molecule has 0 aliphatic carbocycles. The van der Waals surface area contributed by atoms with Gasteiger partial charge in [0.05, 0.1) is 13.2 Å². The molecule has 0 spiro atoms. The molecule has 0 aromatic heterocycles. The third kappa shape index (κ3) is 3.64. The SMILES string of the molecule is COc1ccc(N2C(=O)C(Cl)(Cl)C2/C=C/c2ccccc2-c2ccccc2)cc1. The number of anilines is 1. The van der Waals surface area contributed by atoms with Gasteiger partial charge in [0.25, 0.3) is 5.91 Å². The predicted molar refractivity (Wildman–Crippen MR) is 120 cm³/mol. The van der Waals surface area contributed by atoms with E-state index in [2.05, 4.69) is 18.2 Å². The van der Waals surface area contributed by atoms with Crippen molar-refractivity contribution < 1.29 is 9.53 Å². The summed E-state index contributed by atoms with van der Waals surface area (Å²) in [5.41, 5.74) is 3.96. The van der Waals surface area contributed by atoms with Gasteiger partial charge < -0.3 is 4.74 Å². The number of alkyl halides is 2. The maximum absolute atomic E-state index is 12.5. The molecule has 1 aliphatic heterocycles. The molecule has 3 nitrogen and oxygen atoms in total.